The number of nitrogens with zero attached hydrogens (tertiary/aromatic N) is 2. The van der Waals surface area contributed by atoms with Gasteiger partial charge in [0.1, 0.15) is 18.1 Å². The van der Waals surface area contributed by atoms with Crippen molar-refractivity contribution >= 4 is 29.7 Å². The van der Waals surface area contributed by atoms with Crippen molar-refractivity contribution in [1.82, 2.24) is 15.5 Å². The lowest BCUT2D eigenvalue weighted by Crippen LogP contribution is -2.55. The van der Waals surface area contributed by atoms with Crippen LogP contribution in [0.15, 0.2) is 4.99 Å². The van der Waals surface area contributed by atoms with Crippen LogP contribution in [-0.2, 0) is 19.2 Å². The molecule has 3 unspecified atom stereocenters. The molecule has 3 amide bonds. The molecule has 0 aromatic carbocycles. The smallest absolute Gasteiger partial charge is 0.326 e. The van der Waals surface area contributed by atoms with E-state index in [2.05, 4.69) is 15.6 Å². The fourth-order valence-corrected chi connectivity index (χ4v) is 3.46. The maximum atomic E-state index is 12.8. The summed E-state index contributed by atoms with van der Waals surface area (Å²) >= 11 is 0. The predicted octanol–water partition coefficient (Wildman–Crippen LogP) is -1.91. The molecule has 176 valence electrons. The number of nitrogens with one attached hydrogen (secondary N) is 2. The molecule has 1 saturated heterocycles. The van der Waals surface area contributed by atoms with Crippen LogP contribution < -0.4 is 27.8 Å². The van der Waals surface area contributed by atoms with E-state index in [0.717, 1.165) is 0 Å². The summed E-state index contributed by atoms with van der Waals surface area (Å²) in [6.45, 7) is 4.16. The number of carbonyl (C=O) groups excluding carboxylic acids is 3. The van der Waals surface area contributed by atoms with Gasteiger partial charge in [0.15, 0.2) is 5.96 Å². The van der Waals surface area contributed by atoms with E-state index in [9.17, 15) is 24.3 Å². The fourth-order valence-electron chi connectivity index (χ4n) is 3.46. The van der Waals surface area contributed by atoms with Crippen molar-refractivity contribution in [2.24, 2.45) is 28.1 Å². The summed E-state index contributed by atoms with van der Waals surface area (Å²) in [5.74, 6) is -2.62. The Balaban J connectivity index is 2.90. The first-order valence-corrected chi connectivity index (χ1v) is 10.4. The molecule has 1 heterocycles. The molecule has 0 spiro atoms. The first-order valence-electron chi connectivity index (χ1n) is 10.4. The summed E-state index contributed by atoms with van der Waals surface area (Å²) in [5.41, 5.74) is 16.0. The van der Waals surface area contributed by atoms with E-state index in [4.69, 9.17) is 17.2 Å². The zero-order chi connectivity index (χ0) is 23.6. The highest BCUT2D eigenvalue weighted by Crippen LogP contribution is 2.18. The molecule has 0 aromatic rings. The molecule has 0 aliphatic carbocycles. The number of guanidine groups is 1. The predicted molar refractivity (Wildman–Crippen MR) is 115 cm³/mol. The lowest BCUT2D eigenvalue weighted by Gasteiger charge is -2.27. The number of hydrogen-bond donors (Lipinski definition) is 6. The van der Waals surface area contributed by atoms with Gasteiger partial charge in [0.2, 0.25) is 17.7 Å². The van der Waals surface area contributed by atoms with E-state index in [-0.39, 0.29) is 43.7 Å². The first-order chi connectivity index (χ1) is 14.6. The Morgan fingerprint density at radius 2 is 1.84 bits per heavy atom. The van der Waals surface area contributed by atoms with Gasteiger partial charge in [0.25, 0.3) is 0 Å². The van der Waals surface area contributed by atoms with Gasteiger partial charge in [-0.25, -0.2) is 4.79 Å². The van der Waals surface area contributed by atoms with Crippen LogP contribution in [0.1, 0.15) is 46.0 Å². The van der Waals surface area contributed by atoms with E-state index < -0.39 is 35.9 Å². The van der Waals surface area contributed by atoms with Gasteiger partial charge < -0.3 is 37.8 Å². The van der Waals surface area contributed by atoms with Crippen LogP contribution in [0.3, 0.4) is 0 Å². The van der Waals surface area contributed by atoms with Crippen LogP contribution in [0.4, 0.5) is 0 Å². The molecule has 0 saturated carbocycles. The van der Waals surface area contributed by atoms with Crippen molar-refractivity contribution in [3.8, 4) is 0 Å². The molecule has 0 radical (unpaired) electrons. The summed E-state index contributed by atoms with van der Waals surface area (Å²) in [4.78, 5) is 54.4. The fraction of sp³-hybridized carbons (Fsp3) is 0.737. The van der Waals surface area contributed by atoms with Crippen molar-refractivity contribution in [2.75, 3.05) is 19.6 Å². The zero-order valence-corrected chi connectivity index (χ0v) is 18.2. The third-order valence-electron chi connectivity index (χ3n) is 4.95. The lowest BCUT2D eigenvalue weighted by molar-refractivity contribution is -0.143. The van der Waals surface area contributed by atoms with Gasteiger partial charge in [-0.15, -0.1) is 0 Å². The van der Waals surface area contributed by atoms with Gasteiger partial charge in [-0.3, -0.25) is 19.4 Å². The highest BCUT2D eigenvalue weighted by Gasteiger charge is 2.35. The number of carbonyl (C=O) groups is 4. The maximum absolute atomic E-state index is 12.8. The Morgan fingerprint density at radius 3 is 2.39 bits per heavy atom. The summed E-state index contributed by atoms with van der Waals surface area (Å²) in [5, 5.41) is 14.6. The van der Waals surface area contributed by atoms with Crippen LogP contribution in [0, 0.1) is 5.92 Å². The summed E-state index contributed by atoms with van der Waals surface area (Å²) in [6, 6.07) is -2.78. The van der Waals surface area contributed by atoms with Crippen LogP contribution in [0.25, 0.3) is 0 Å². The van der Waals surface area contributed by atoms with Crippen LogP contribution >= 0.6 is 0 Å². The Hall–Kier alpha value is -2.89. The van der Waals surface area contributed by atoms with Crippen molar-refractivity contribution in [1.29, 1.82) is 0 Å². The minimum absolute atomic E-state index is 0.0469. The van der Waals surface area contributed by atoms with Crippen molar-refractivity contribution in [3.63, 3.8) is 0 Å². The average Bonchev–Trinajstić information content (AvgIpc) is 3.18. The molecule has 1 aliphatic heterocycles. The summed E-state index contributed by atoms with van der Waals surface area (Å²) in [7, 11) is 0. The number of carboxylic acids is 1. The molecular formula is C19H35N7O5. The van der Waals surface area contributed by atoms with E-state index in [0.29, 0.717) is 25.8 Å². The quantitative estimate of drug-likeness (QED) is 0.114. The monoisotopic (exact) mass is 441 g/mol. The third kappa shape index (κ3) is 8.79. The van der Waals surface area contributed by atoms with Gasteiger partial charge in [-0.05, 0) is 38.0 Å². The molecule has 1 fully saturated rings. The van der Waals surface area contributed by atoms with E-state index in [1.165, 1.54) is 4.90 Å². The van der Waals surface area contributed by atoms with E-state index in [1.54, 1.807) is 0 Å². The number of hydrogen-bond acceptors (Lipinski definition) is 6. The standard InChI is InChI=1S/C19H35N7O5/c1-11(2)9-13(18(30)31)25-16(28)12(5-3-7-23-19(21)22)24-17(29)14-6-4-8-26(14)15(27)10-20/h11-14H,3-10,20H2,1-2H3,(H,24,29)(H,25,28)(H,30,31)(H4,21,22,23). The number of aliphatic carboxylic acids is 1. The molecule has 1 aliphatic rings. The highest BCUT2D eigenvalue weighted by atomic mass is 16.4. The highest BCUT2D eigenvalue weighted by molar-refractivity contribution is 5.93. The Morgan fingerprint density at radius 1 is 1.16 bits per heavy atom. The van der Waals surface area contributed by atoms with Crippen LogP contribution in [0.2, 0.25) is 0 Å². The molecule has 31 heavy (non-hydrogen) atoms. The second kappa shape index (κ2) is 12.7. The van der Waals surface area contributed by atoms with Crippen LogP contribution in [-0.4, -0.2) is 77.4 Å². The van der Waals surface area contributed by atoms with Crippen molar-refractivity contribution in [2.45, 2.75) is 64.1 Å². The van der Waals surface area contributed by atoms with E-state index >= 15 is 0 Å². The van der Waals surface area contributed by atoms with Crippen molar-refractivity contribution in [3.05, 3.63) is 0 Å². The van der Waals surface area contributed by atoms with Crippen LogP contribution in [0.5, 0.6) is 0 Å². The second-order valence-corrected chi connectivity index (χ2v) is 7.99. The second-order valence-electron chi connectivity index (χ2n) is 7.99. The number of rotatable bonds is 12. The molecular weight excluding hydrogens is 406 g/mol. The molecule has 0 aromatic heterocycles. The summed E-state index contributed by atoms with van der Waals surface area (Å²) in [6.07, 6.45) is 1.94. The number of carboxylic acid groups (broad SMARTS) is 1. The van der Waals surface area contributed by atoms with Gasteiger partial charge in [0.05, 0.1) is 6.54 Å². The molecule has 0 bridgehead atoms. The Bertz CT molecular complexity index is 679. The third-order valence-corrected chi connectivity index (χ3v) is 4.95. The average molecular weight is 442 g/mol. The number of likely N-dealkylation sites (tertiary alicyclic amines) is 1. The molecule has 12 nitrogen and oxygen atoms in total. The normalized spacial score (nSPS) is 17.7. The topological polar surface area (TPSA) is 206 Å². The number of amides is 3. The maximum Gasteiger partial charge on any atom is 0.326 e. The first kappa shape index (κ1) is 26.1. The largest absolute Gasteiger partial charge is 0.480 e. The van der Waals surface area contributed by atoms with Crippen molar-refractivity contribution < 1.29 is 24.3 Å². The Kier molecular flexibility index (Phi) is 10.7. The van der Waals surface area contributed by atoms with Gasteiger partial charge >= 0.3 is 5.97 Å². The molecule has 3 atom stereocenters. The molecule has 1 rings (SSSR count). The number of nitrogens with two attached hydrogens (primary N) is 3. The number of aliphatic imine (C=N–C) groups is 1. The SMILES string of the molecule is CC(C)CC(NC(=O)C(CCCN=C(N)N)NC(=O)C1CCCN1C(=O)CN)C(=O)O. The zero-order valence-electron chi connectivity index (χ0n) is 18.2. The minimum Gasteiger partial charge on any atom is -0.480 e. The van der Waals surface area contributed by atoms with Gasteiger partial charge in [-0.1, -0.05) is 13.8 Å². The van der Waals surface area contributed by atoms with Gasteiger partial charge in [0, 0.05) is 13.1 Å². The lowest BCUT2D eigenvalue weighted by atomic mass is 10.0. The Labute approximate surface area is 182 Å². The minimum atomic E-state index is -1.15. The summed E-state index contributed by atoms with van der Waals surface area (Å²) < 4.78 is 0. The van der Waals surface area contributed by atoms with E-state index in [1.807, 2.05) is 13.8 Å². The molecule has 9 N–H and O–H groups in total. The molecule has 12 heteroatoms. The van der Waals surface area contributed by atoms with Gasteiger partial charge in [-0.2, -0.15) is 0 Å².